The fourth-order valence-electron chi connectivity index (χ4n) is 1.91. The number of hydrogen-bond donors (Lipinski definition) is 0. The molecule has 0 bridgehead atoms. The third-order valence-corrected chi connectivity index (χ3v) is 3.19. The number of alkyl halides is 1. The maximum atomic E-state index is 11.8. The normalized spacial score (nSPS) is 10.6. The van der Waals surface area contributed by atoms with Gasteiger partial charge in [-0.15, -0.1) is 11.6 Å². The Hall–Kier alpha value is -1.81. The molecule has 20 heavy (non-hydrogen) atoms. The van der Waals surface area contributed by atoms with Gasteiger partial charge in [0.25, 0.3) is 5.56 Å². The monoisotopic (exact) mass is 292 g/mol. The van der Waals surface area contributed by atoms with E-state index in [1.165, 1.54) is 4.68 Å². The molecule has 106 valence electrons. The summed E-state index contributed by atoms with van der Waals surface area (Å²) in [6, 6.07) is 9.39. The van der Waals surface area contributed by atoms with Crippen LogP contribution in [0, 0.1) is 0 Å². The van der Waals surface area contributed by atoms with Gasteiger partial charge in [0.15, 0.2) is 0 Å². The highest BCUT2D eigenvalue weighted by molar-refractivity contribution is 6.17. The summed E-state index contributed by atoms with van der Waals surface area (Å²) in [4.78, 5) is 11.8. The van der Waals surface area contributed by atoms with Crippen molar-refractivity contribution < 1.29 is 4.74 Å². The third kappa shape index (κ3) is 3.02. The Labute approximate surface area is 123 Å². The van der Waals surface area contributed by atoms with Crippen molar-refractivity contribution in [1.29, 1.82) is 0 Å². The first-order valence-electron chi connectivity index (χ1n) is 6.52. The molecule has 0 radical (unpaired) electrons. The number of nitrogens with zero attached hydrogens (tertiary/aromatic N) is 2. The molecule has 0 aliphatic carbocycles. The smallest absolute Gasteiger partial charge is 0.270 e. The molecule has 0 saturated heterocycles. The molecular formula is C15H17ClN2O2. The summed E-state index contributed by atoms with van der Waals surface area (Å²) in [7, 11) is 1.62. The number of benzene rings is 1. The Morgan fingerprint density at radius 3 is 2.80 bits per heavy atom. The van der Waals surface area contributed by atoms with E-state index < -0.39 is 0 Å². The molecule has 5 heteroatoms. The van der Waals surface area contributed by atoms with Crippen molar-refractivity contribution in [2.75, 3.05) is 6.61 Å². The van der Waals surface area contributed by atoms with E-state index >= 15 is 0 Å². The van der Waals surface area contributed by atoms with E-state index in [1.54, 1.807) is 13.1 Å². The molecule has 4 nitrogen and oxygen atoms in total. The van der Waals surface area contributed by atoms with Crippen LogP contribution in [0.1, 0.15) is 18.9 Å². The number of ether oxygens (including phenoxy) is 1. The standard InChI is InChI=1S/C15H17ClN2O2/c1-3-8-20-14-7-5-4-6-12(14)13-9-11(10-16)15(19)18(2)17-13/h4-7,9H,3,8,10H2,1-2H3. The maximum absolute atomic E-state index is 11.8. The second-order valence-electron chi connectivity index (χ2n) is 4.46. The van der Waals surface area contributed by atoms with Gasteiger partial charge in [-0.1, -0.05) is 19.1 Å². The Kier molecular flexibility index (Phi) is 4.79. The summed E-state index contributed by atoms with van der Waals surface area (Å²) in [5, 5.41) is 4.29. The fraction of sp³-hybridized carbons (Fsp3) is 0.333. The summed E-state index contributed by atoms with van der Waals surface area (Å²) in [5.74, 6) is 0.932. The minimum atomic E-state index is -0.171. The minimum Gasteiger partial charge on any atom is -0.493 e. The molecule has 0 unspecified atom stereocenters. The first kappa shape index (κ1) is 14.6. The maximum Gasteiger partial charge on any atom is 0.270 e. The Balaban J connectivity index is 2.51. The number of hydrogen-bond acceptors (Lipinski definition) is 3. The van der Waals surface area contributed by atoms with Crippen molar-refractivity contribution in [2.24, 2.45) is 7.05 Å². The summed E-state index contributed by atoms with van der Waals surface area (Å²) >= 11 is 5.81. The largest absolute Gasteiger partial charge is 0.493 e. The fourth-order valence-corrected chi connectivity index (χ4v) is 2.11. The van der Waals surface area contributed by atoms with Crippen molar-refractivity contribution in [3.8, 4) is 17.0 Å². The van der Waals surface area contributed by atoms with E-state index in [-0.39, 0.29) is 11.4 Å². The molecule has 0 spiro atoms. The van der Waals surface area contributed by atoms with Crippen LogP contribution in [-0.4, -0.2) is 16.4 Å². The average molecular weight is 293 g/mol. The molecule has 0 fully saturated rings. The second kappa shape index (κ2) is 6.57. The third-order valence-electron chi connectivity index (χ3n) is 2.91. The molecule has 0 N–H and O–H groups in total. The molecular weight excluding hydrogens is 276 g/mol. The van der Waals surface area contributed by atoms with Crippen molar-refractivity contribution >= 4 is 11.6 Å². The molecule has 0 atom stereocenters. The Bertz CT molecular complexity index is 653. The molecule has 0 aliphatic heterocycles. The molecule has 1 heterocycles. The highest BCUT2D eigenvalue weighted by Gasteiger charge is 2.11. The highest BCUT2D eigenvalue weighted by atomic mass is 35.5. The molecule has 2 rings (SSSR count). The summed E-state index contributed by atoms with van der Waals surface area (Å²) < 4.78 is 7.03. The number of halogens is 1. The summed E-state index contributed by atoms with van der Waals surface area (Å²) in [5.41, 5.74) is 1.91. The molecule has 0 amide bonds. The van der Waals surface area contributed by atoms with Gasteiger partial charge in [-0.25, -0.2) is 4.68 Å². The van der Waals surface area contributed by atoms with Crippen molar-refractivity contribution in [2.45, 2.75) is 19.2 Å². The van der Waals surface area contributed by atoms with Gasteiger partial charge in [0.2, 0.25) is 0 Å². The summed E-state index contributed by atoms with van der Waals surface area (Å²) in [6.07, 6.45) is 0.933. The number of rotatable bonds is 5. The summed E-state index contributed by atoms with van der Waals surface area (Å²) in [6.45, 7) is 2.70. The quantitative estimate of drug-likeness (QED) is 0.796. The van der Waals surface area contributed by atoms with Gasteiger partial charge < -0.3 is 4.74 Å². The van der Waals surface area contributed by atoms with Gasteiger partial charge >= 0.3 is 0 Å². The highest BCUT2D eigenvalue weighted by Crippen LogP contribution is 2.28. The topological polar surface area (TPSA) is 44.1 Å². The Morgan fingerprint density at radius 1 is 1.35 bits per heavy atom. The molecule has 0 saturated carbocycles. The lowest BCUT2D eigenvalue weighted by atomic mass is 10.1. The van der Waals surface area contributed by atoms with Crippen LogP contribution >= 0.6 is 11.6 Å². The van der Waals surface area contributed by atoms with Crippen LogP contribution in [0.15, 0.2) is 35.1 Å². The van der Waals surface area contributed by atoms with E-state index in [0.29, 0.717) is 17.9 Å². The zero-order chi connectivity index (χ0) is 14.5. The van der Waals surface area contributed by atoms with Gasteiger partial charge in [0.1, 0.15) is 5.75 Å². The first-order valence-corrected chi connectivity index (χ1v) is 7.06. The predicted octanol–water partition coefficient (Wildman–Crippen LogP) is 2.97. The van der Waals surface area contributed by atoms with E-state index in [9.17, 15) is 4.79 Å². The van der Waals surface area contributed by atoms with Crippen LogP contribution in [0.25, 0.3) is 11.3 Å². The zero-order valence-electron chi connectivity index (χ0n) is 11.6. The van der Waals surface area contributed by atoms with Gasteiger partial charge in [-0.3, -0.25) is 4.79 Å². The van der Waals surface area contributed by atoms with E-state index in [0.717, 1.165) is 17.7 Å². The van der Waals surface area contributed by atoms with Crippen LogP contribution in [0.3, 0.4) is 0 Å². The number of aromatic nitrogens is 2. The van der Waals surface area contributed by atoms with Crippen LogP contribution < -0.4 is 10.3 Å². The van der Waals surface area contributed by atoms with E-state index in [1.807, 2.05) is 24.3 Å². The van der Waals surface area contributed by atoms with E-state index in [4.69, 9.17) is 16.3 Å². The minimum absolute atomic E-state index is 0.167. The lowest BCUT2D eigenvalue weighted by molar-refractivity contribution is 0.318. The number of para-hydroxylation sites is 1. The van der Waals surface area contributed by atoms with Crippen molar-refractivity contribution in [3.63, 3.8) is 0 Å². The number of aryl methyl sites for hydroxylation is 1. The van der Waals surface area contributed by atoms with Gasteiger partial charge in [0, 0.05) is 18.2 Å². The van der Waals surface area contributed by atoms with Crippen LogP contribution in [-0.2, 0) is 12.9 Å². The SMILES string of the molecule is CCCOc1ccccc1-c1cc(CCl)c(=O)n(C)n1. The lowest BCUT2D eigenvalue weighted by Crippen LogP contribution is -2.23. The van der Waals surface area contributed by atoms with Gasteiger partial charge in [0.05, 0.1) is 18.2 Å². The zero-order valence-corrected chi connectivity index (χ0v) is 12.4. The van der Waals surface area contributed by atoms with Crippen LogP contribution in [0.4, 0.5) is 0 Å². The van der Waals surface area contributed by atoms with Crippen molar-refractivity contribution in [1.82, 2.24) is 9.78 Å². The average Bonchev–Trinajstić information content (AvgIpc) is 2.48. The van der Waals surface area contributed by atoms with Gasteiger partial charge in [-0.05, 0) is 24.6 Å². The van der Waals surface area contributed by atoms with Gasteiger partial charge in [-0.2, -0.15) is 5.10 Å². The first-order chi connectivity index (χ1) is 9.67. The molecule has 1 aromatic heterocycles. The van der Waals surface area contributed by atoms with E-state index in [2.05, 4.69) is 12.0 Å². The van der Waals surface area contributed by atoms with Crippen LogP contribution in [0.5, 0.6) is 5.75 Å². The van der Waals surface area contributed by atoms with Crippen LogP contribution in [0.2, 0.25) is 0 Å². The molecule has 0 aliphatic rings. The molecule has 1 aromatic carbocycles. The van der Waals surface area contributed by atoms with Crippen molar-refractivity contribution in [3.05, 3.63) is 46.2 Å². The molecule has 2 aromatic rings. The second-order valence-corrected chi connectivity index (χ2v) is 4.73. The predicted molar refractivity (Wildman–Crippen MR) is 80.3 cm³/mol. The lowest BCUT2D eigenvalue weighted by Gasteiger charge is -2.11. The Morgan fingerprint density at radius 2 is 2.10 bits per heavy atom.